The third-order valence-electron chi connectivity index (χ3n) is 3.12. The molecule has 0 spiro atoms. The molecule has 0 aliphatic carbocycles. The first-order valence-corrected chi connectivity index (χ1v) is 6.42. The SMILES string of the molecule is CC(CN)(Cc1ccco1)c1cccc(Br)c1. The van der Waals surface area contributed by atoms with Crippen LogP contribution in [0, 0.1) is 0 Å². The van der Waals surface area contributed by atoms with Gasteiger partial charge in [-0.25, -0.2) is 0 Å². The molecule has 90 valence electrons. The Morgan fingerprint density at radius 2 is 2.12 bits per heavy atom. The Kier molecular flexibility index (Phi) is 3.69. The van der Waals surface area contributed by atoms with E-state index in [1.54, 1.807) is 6.26 Å². The fourth-order valence-electron chi connectivity index (χ4n) is 1.95. The summed E-state index contributed by atoms with van der Waals surface area (Å²) in [6.45, 7) is 2.75. The minimum atomic E-state index is -0.0956. The van der Waals surface area contributed by atoms with Gasteiger partial charge in [0.05, 0.1) is 6.26 Å². The average Bonchev–Trinajstić information content (AvgIpc) is 2.81. The zero-order chi connectivity index (χ0) is 12.3. The average molecular weight is 294 g/mol. The van der Waals surface area contributed by atoms with Crippen LogP contribution in [0.5, 0.6) is 0 Å². The van der Waals surface area contributed by atoms with Crippen LogP contribution >= 0.6 is 15.9 Å². The van der Waals surface area contributed by atoms with Crippen molar-refractivity contribution in [3.63, 3.8) is 0 Å². The molecule has 0 bridgehead atoms. The predicted octanol–water partition coefficient (Wildman–Crippen LogP) is 3.50. The van der Waals surface area contributed by atoms with E-state index in [1.807, 2.05) is 24.3 Å². The van der Waals surface area contributed by atoms with Crippen LogP contribution < -0.4 is 5.73 Å². The van der Waals surface area contributed by atoms with Crippen LogP contribution in [-0.4, -0.2) is 6.54 Å². The summed E-state index contributed by atoms with van der Waals surface area (Å²) in [5, 5.41) is 0. The summed E-state index contributed by atoms with van der Waals surface area (Å²) in [7, 11) is 0. The van der Waals surface area contributed by atoms with E-state index in [1.165, 1.54) is 5.56 Å². The van der Waals surface area contributed by atoms with Gasteiger partial charge in [-0.2, -0.15) is 0 Å². The Bertz CT molecular complexity index is 481. The van der Waals surface area contributed by atoms with Crippen LogP contribution in [0.3, 0.4) is 0 Å². The van der Waals surface area contributed by atoms with E-state index < -0.39 is 0 Å². The fourth-order valence-corrected chi connectivity index (χ4v) is 2.35. The van der Waals surface area contributed by atoms with Crippen molar-refractivity contribution < 1.29 is 4.42 Å². The zero-order valence-corrected chi connectivity index (χ0v) is 11.4. The first-order valence-electron chi connectivity index (χ1n) is 5.62. The lowest BCUT2D eigenvalue weighted by atomic mass is 9.79. The zero-order valence-electron chi connectivity index (χ0n) is 9.82. The third-order valence-corrected chi connectivity index (χ3v) is 3.61. The van der Waals surface area contributed by atoms with Crippen LogP contribution in [0.25, 0.3) is 0 Å². The third kappa shape index (κ3) is 2.79. The molecule has 3 heteroatoms. The van der Waals surface area contributed by atoms with Gasteiger partial charge in [-0.3, -0.25) is 0 Å². The van der Waals surface area contributed by atoms with E-state index in [9.17, 15) is 0 Å². The second-order valence-corrected chi connectivity index (χ2v) is 5.45. The summed E-state index contributed by atoms with van der Waals surface area (Å²) in [5.74, 6) is 0.970. The van der Waals surface area contributed by atoms with Crippen LogP contribution in [0.4, 0.5) is 0 Å². The van der Waals surface area contributed by atoms with Gasteiger partial charge in [-0.1, -0.05) is 35.0 Å². The van der Waals surface area contributed by atoms with E-state index in [0.717, 1.165) is 16.7 Å². The van der Waals surface area contributed by atoms with Crippen LogP contribution in [0.1, 0.15) is 18.2 Å². The minimum Gasteiger partial charge on any atom is -0.469 e. The minimum absolute atomic E-state index is 0.0956. The lowest BCUT2D eigenvalue weighted by Gasteiger charge is -2.28. The Hall–Kier alpha value is -1.06. The van der Waals surface area contributed by atoms with Gasteiger partial charge in [0.25, 0.3) is 0 Å². The summed E-state index contributed by atoms with van der Waals surface area (Å²) in [4.78, 5) is 0. The Morgan fingerprint density at radius 3 is 2.71 bits per heavy atom. The second-order valence-electron chi connectivity index (χ2n) is 4.53. The van der Waals surface area contributed by atoms with Crippen molar-refractivity contribution in [1.82, 2.24) is 0 Å². The van der Waals surface area contributed by atoms with Crippen LogP contribution in [0.2, 0.25) is 0 Å². The largest absolute Gasteiger partial charge is 0.469 e. The molecule has 0 saturated carbocycles. The van der Waals surface area contributed by atoms with Gasteiger partial charge in [0.1, 0.15) is 5.76 Å². The van der Waals surface area contributed by atoms with E-state index in [-0.39, 0.29) is 5.41 Å². The highest BCUT2D eigenvalue weighted by molar-refractivity contribution is 9.10. The Morgan fingerprint density at radius 1 is 1.29 bits per heavy atom. The van der Waals surface area contributed by atoms with Crippen molar-refractivity contribution in [2.45, 2.75) is 18.8 Å². The number of rotatable bonds is 4. The van der Waals surface area contributed by atoms with Gasteiger partial charge in [0.15, 0.2) is 0 Å². The standard InChI is InChI=1S/C14H16BrNO/c1-14(10-16,9-13-6-3-7-17-13)11-4-2-5-12(15)8-11/h2-8H,9-10,16H2,1H3. The number of nitrogens with two attached hydrogens (primary N) is 1. The molecule has 1 heterocycles. The first-order chi connectivity index (χ1) is 8.14. The molecule has 2 nitrogen and oxygen atoms in total. The molecule has 1 atom stereocenters. The van der Waals surface area contributed by atoms with Crippen molar-refractivity contribution in [3.8, 4) is 0 Å². The number of halogens is 1. The number of hydrogen-bond acceptors (Lipinski definition) is 2. The van der Waals surface area contributed by atoms with Crippen molar-refractivity contribution in [2.24, 2.45) is 5.73 Å². The molecular weight excluding hydrogens is 278 g/mol. The molecule has 0 aliphatic rings. The highest BCUT2D eigenvalue weighted by Gasteiger charge is 2.26. The van der Waals surface area contributed by atoms with Gasteiger partial charge >= 0.3 is 0 Å². The maximum atomic E-state index is 5.95. The van der Waals surface area contributed by atoms with E-state index in [0.29, 0.717) is 6.54 Å². The van der Waals surface area contributed by atoms with Gasteiger partial charge in [-0.15, -0.1) is 0 Å². The number of furan rings is 1. The molecule has 1 aromatic carbocycles. The van der Waals surface area contributed by atoms with E-state index in [4.69, 9.17) is 10.2 Å². The molecule has 17 heavy (non-hydrogen) atoms. The van der Waals surface area contributed by atoms with Crippen molar-refractivity contribution in [1.29, 1.82) is 0 Å². The van der Waals surface area contributed by atoms with Gasteiger partial charge < -0.3 is 10.2 Å². The van der Waals surface area contributed by atoms with Crippen molar-refractivity contribution >= 4 is 15.9 Å². The molecule has 0 aliphatic heterocycles. The molecule has 2 N–H and O–H groups in total. The molecule has 0 amide bonds. The van der Waals surface area contributed by atoms with Crippen molar-refractivity contribution in [3.05, 3.63) is 58.5 Å². The monoisotopic (exact) mass is 293 g/mol. The maximum absolute atomic E-state index is 5.95. The summed E-state index contributed by atoms with van der Waals surface area (Å²) < 4.78 is 6.49. The quantitative estimate of drug-likeness (QED) is 0.937. The lowest BCUT2D eigenvalue weighted by Crippen LogP contribution is -2.34. The van der Waals surface area contributed by atoms with E-state index in [2.05, 4.69) is 35.0 Å². The molecular formula is C14H16BrNO. The van der Waals surface area contributed by atoms with Crippen molar-refractivity contribution in [2.75, 3.05) is 6.54 Å². The normalized spacial score (nSPS) is 14.5. The summed E-state index contributed by atoms with van der Waals surface area (Å²) in [5.41, 5.74) is 7.08. The van der Waals surface area contributed by atoms with Crippen LogP contribution in [-0.2, 0) is 11.8 Å². The number of benzene rings is 1. The van der Waals surface area contributed by atoms with Gasteiger partial charge in [0.2, 0.25) is 0 Å². The second kappa shape index (κ2) is 5.07. The summed E-state index contributed by atoms with van der Waals surface area (Å²) in [6.07, 6.45) is 2.51. The van der Waals surface area contributed by atoms with E-state index >= 15 is 0 Å². The Labute approximate surface area is 110 Å². The fraction of sp³-hybridized carbons (Fsp3) is 0.286. The highest BCUT2D eigenvalue weighted by Crippen LogP contribution is 2.29. The lowest BCUT2D eigenvalue weighted by molar-refractivity contribution is 0.412. The first kappa shape index (κ1) is 12.4. The molecule has 2 aromatic rings. The maximum Gasteiger partial charge on any atom is 0.104 e. The topological polar surface area (TPSA) is 39.2 Å². The molecule has 1 unspecified atom stereocenters. The summed E-state index contributed by atoms with van der Waals surface area (Å²) >= 11 is 3.50. The molecule has 1 aromatic heterocycles. The predicted molar refractivity (Wildman–Crippen MR) is 73.0 cm³/mol. The smallest absolute Gasteiger partial charge is 0.104 e. The number of hydrogen-bond donors (Lipinski definition) is 1. The van der Waals surface area contributed by atoms with Crippen LogP contribution in [0.15, 0.2) is 51.6 Å². The van der Waals surface area contributed by atoms with Gasteiger partial charge in [0, 0.05) is 22.9 Å². The molecule has 0 fully saturated rings. The molecule has 0 radical (unpaired) electrons. The highest BCUT2D eigenvalue weighted by atomic mass is 79.9. The molecule has 2 rings (SSSR count). The van der Waals surface area contributed by atoms with Gasteiger partial charge in [-0.05, 0) is 29.8 Å². The molecule has 0 saturated heterocycles. The Balaban J connectivity index is 2.30. The summed E-state index contributed by atoms with van der Waals surface area (Å²) in [6, 6.07) is 12.2.